The number of nitro benzene ring substituents is 1. The first-order valence-electron chi connectivity index (χ1n) is 6.06. The molecule has 112 valence electrons. The van der Waals surface area contributed by atoms with E-state index in [9.17, 15) is 18.5 Å². The Bertz CT molecular complexity index is 641. The van der Waals surface area contributed by atoms with Crippen LogP contribution in [0.1, 0.15) is 16.7 Å². The number of aryl methyl sites for hydroxylation is 2. The van der Waals surface area contributed by atoms with Crippen LogP contribution in [-0.2, 0) is 10.0 Å². The third-order valence-electron chi connectivity index (χ3n) is 3.16. The standard InChI is InChI=1S/C12H19N3O4S/c1-8-7-9(2)12(10(3)11(8)15(16)17)20(18,19)14(4)6-5-13/h7H,5-6,13H2,1-4H3. The van der Waals surface area contributed by atoms with Crippen LogP contribution in [0.15, 0.2) is 11.0 Å². The van der Waals surface area contributed by atoms with E-state index in [4.69, 9.17) is 5.73 Å². The van der Waals surface area contributed by atoms with E-state index in [1.54, 1.807) is 13.8 Å². The summed E-state index contributed by atoms with van der Waals surface area (Å²) in [5.41, 5.74) is 6.32. The molecular formula is C12H19N3O4S. The SMILES string of the molecule is Cc1cc(C)c(S(=O)(=O)N(C)CCN)c(C)c1[N+](=O)[O-]. The Morgan fingerprint density at radius 1 is 1.30 bits per heavy atom. The maximum Gasteiger partial charge on any atom is 0.276 e. The number of likely N-dealkylation sites (N-methyl/N-ethyl adjacent to an activating group) is 1. The topological polar surface area (TPSA) is 107 Å². The average molecular weight is 301 g/mol. The van der Waals surface area contributed by atoms with Crippen molar-refractivity contribution in [2.75, 3.05) is 20.1 Å². The van der Waals surface area contributed by atoms with E-state index in [-0.39, 0.29) is 29.2 Å². The zero-order chi connectivity index (χ0) is 15.7. The highest BCUT2D eigenvalue weighted by atomic mass is 32.2. The Hall–Kier alpha value is -1.51. The lowest BCUT2D eigenvalue weighted by molar-refractivity contribution is -0.386. The third kappa shape index (κ3) is 2.82. The van der Waals surface area contributed by atoms with Gasteiger partial charge in [-0.15, -0.1) is 0 Å². The fraction of sp³-hybridized carbons (Fsp3) is 0.500. The number of rotatable bonds is 5. The summed E-state index contributed by atoms with van der Waals surface area (Å²) in [5, 5.41) is 11.1. The Labute approximate surface area is 118 Å². The van der Waals surface area contributed by atoms with Crippen molar-refractivity contribution in [3.63, 3.8) is 0 Å². The zero-order valence-corrected chi connectivity index (χ0v) is 12.8. The van der Waals surface area contributed by atoms with Crippen LogP contribution in [-0.4, -0.2) is 37.8 Å². The van der Waals surface area contributed by atoms with Crippen molar-refractivity contribution in [2.24, 2.45) is 5.73 Å². The molecule has 1 rings (SSSR count). The van der Waals surface area contributed by atoms with Crippen molar-refractivity contribution < 1.29 is 13.3 Å². The van der Waals surface area contributed by atoms with Gasteiger partial charge in [-0.25, -0.2) is 8.42 Å². The largest absolute Gasteiger partial charge is 0.329 e. The number of hydrogen-bond acceptors (Lipinski definition) is 5. The fourth-order valence-corrected chi connectivity index (χ4v) is 3.90. The number of nitrogens with zero attached hydrogens (tertiary/aromatic N) is 2. The first-order chi connectivity index (χ1) is 9.14. The molecule has 0 unspecified atom stereocenters. The predicted octanol–water partition coefficient (Wildman–Crippen LogP) is 1.10. The molecule has 1 aromatic rings. The summed E-state index contributed by atoms with van der Waals surface area (Å²) < 4.78 is 26.1. The molecule has 0 saturated carbocycles. The summed E-state index contributed by atoms with van der Waals surface area (Å²) in [6.07, 6.45) is 0. The summed E-state index contributed by atoms with van der Waals surface area (Å²) in [6.45, 7) is 5.02. The third-order valence-corrected chi connectivity index (χ3v) is 5.30. The minimum absolute atomic E-state index is 0.00856. The molecule has 20 heavy (non-hydrogen) atoms. The van der Waals surface area contributed by atoms with Crippen molar-refractivity contribution in [3.8, 4) is 0 Å². The Morgan fingerprint density at radius 2 is 1.85 bits per heavy atom. The quantitative estimate of drug-likeness (QED) is 0.647. The molecule has 0 atom stereocenters. The van der Waals surface area contributed by atoms with Crippen LogP contribution in [0.2, 0.25) is 0 Å². The first kappa shape index (κ1) is 16.5. The predicted molar refractivity (Wildman–Crippen MR) is 76.2 cm³/mol. The number of nitro groups is 1. The summed E-state index contributed by atoms with van der Waals surface area (Å²) >= 11 is 0. The molecule has 8 heteroatoms. The lowest BCUT2D eigenvalue weighted by Gasteiger charge is -2.19. The molecule has 0 heterocycles. The molecule has 0 fully saturated rings. The molecule has 0 aliphatic heterocycles. The van der Waals surface area contributed by atoms with Gasteiger partial charge >= 0.3 is 0 Å². The fourth-order valence-electron chi connectivity index (χ4n) is 2.29. The molecule has 1 aromatic carbocycles. The average Bonchev–Trinajstić information content (AvgIpc) is 2.26. The van der Waals surface area contributed by atoms with Crippen molar-refractivity contribution in [3.05, 3.63) is 32.9 Å². The van der Waals surface area contributed by atoms with Crippen molar-refractivity contribution in [1.29, 1.82) is 0 Å². The van der Waals surface area contributed by atoms with Gasteiger partial charge in [-0.1, -0.05) is 0 Å². The van der Waals surface area contributed by atoms with Gasteiger partial charge in [0.2, 0.25) is 10.0 Å². The van der Waals surface area contributed by atoms with E-state index in [1.807, 2.05) is 0 Å². The van der Waals surface area contributed by atoms with Crippen LogP contribution < -0.4 is 5.73 Å². The molecule has 2 N–H and O–H groups in total. The number of benzene rings is 1. The van der Waals surface area contributed by atoms with Gasteiger partial charge in [0.25, 0.3) is 5.69 Å². The summed E-state index contributed by atoms with van der Waals surface area (Å²) in [5.74, 6) is 0. The van der Waals surface area contributed by atoms with E-state index >= 15 is 0 Å². The number of hydrogen-bond donors (Lipinski definition) is 1. The van der Waals surface area contributed by atoms with E-state index in [0.717, 1.165) is 4.31 Å². The molecule has 0 saturated heterocycles. The van der Waals surface area contributed by atoms with Gasteiger partial charge in [0.15, 0.2) is 0 Å². The zero-order valence-electron chi connectivity index (χ0n) is 12.0. The Morgan fingerprint density at radius 3 is 2.30 bits per heavy atom. The molecule has 0 aliphatic carbocycles. The van der Waals surface area contributed by atoms with E-state index in [1.165, 1.54) is 20.0 Å². The van der Waals surface area contributed by atoms with E-state index < -0.39 is 14.9 Å². The van der Waals surface area contributed by atoms with Crippen LogP contribution in [0.4, 0.5) is 5.69 Å². The lowest BCUT2D eigenvalue weighted by atomic mass is 10.1. The number of sulfonamides is 1. The highest BCUT2D eigenvalue weighted by Crippen LogP contribution is 2.32. The summed E-state index contributed by atoms with van der Waals surface area (Å²) in [4.78, 5) is 10.5. The first-order valence-corrected chi connectivity index (χ1v) is 7.50. The second-order valence-corrected chi connectivity index (χ2v) is 6.67. The number of nitrogens with two attached hydrogens (primary N) is 1. The molecule has 0 aromatic heterocycles. The van der Waals surface area contributed by atoms with Crippen LogP contribution in [0.25, 0.3) is 0 Å². The van der Waals surface area contributed by atoms with Crippen molar-refractivity contribution in [1.82, 2.24) is 4.31 Å². The van der Waals surface area contributed by atoms with Gasteiger partial charge in [0, 0.05) is 31.3 Å². The van der Waals surface area contributed by atoms with Gasteiger partial charge in [0.05, 0.1) is 9.82 Å². The van der Waals surface area contributed by atoms with Crippen molar-refractivity contribution in [2.45, 2.75) is 25.7 Å². The second-order valence-electron chi connectivity index (χ2n) is 4.69. The minimum atomic E-state index is -3.79. The second kappa shape index (κ2) is 5.86. The van der Waals surface area contributed by atoms with E-state index in [2.05, 4.69) is 0 Å². The monoisotopic (exact) mass is 301 g/mol. The smallest absolute Gasteiger partial charge is 0.276 e. The summed E-state index contributed by atoms with van der Waals surface area (Å²) in [7, 11) is -2.38. The van der Waals surface area contributed by atoms with Gasteiger partial charge < -0.3 is 5.73 Å². The minimum Gasteiger partial charge on any atom is -0.329 e. The van der Waals surface area contributed by atoms with Crippen LogP contribution in [0.5, 0.6) is 0 Å². The maximum atomic E-state index is 12.5. The van der Waals surface area contributed by atoms with E-state index in [0.29, 0.717) is 11.1 Å². The highest BCUT2D eigenvalue weighted by molar-refractivity contribution is 7.89. The maximum absolute atomic E-state index is 12.5. The highest BCUT2D eigenvalue weighted by Gasteiger charge is 2.30. The lowest BCUT2D eigenvalue weighted by Crippen LogP contribution is -2.32. The molecule has 0 bridgehead atoms. The molecule has 0 radical (unpaired) electrons. The van der Waals surface area contributed by atoms with Crippen LogP contribution in [0.3, 0.4) is 0 Å². The normalized spacial score (nSPS) is 11.9. The van der Waals surface area contributed by atoms with Gasteiger partial charge in [-0.2, -0.15) is 4.31 Å². The van der Waals surface area contributed by atoms with Gasteiger partial charge in [-0.05, 0) is 32.4 Å². The van der Waals surface area contributed by atoms with Crippen LogP contribution >= 0.6 is 0 Å². The van der Waals surface area contributed by atoms with Gasteiger partial charge in [-0.3, -0.25) is 10.1 Å². The molecule has 0 aliphatic rings. The summed E-state index contributed by atoms with van der Waals surface area (Å²) in [6, 6.07) is 1.52. The molecule has 7 nitrogen and oxygen atoms in total. The van der Waals surface area contributed by atoms with Gasteiger partial charge in [0.1, 0.15) is 0 Å². The Balaban J connectivity index is 3.62. The molecular weight excluding hydrogens is 282 g/mol. The molecule has 0 amide bonds. The van der Waals surface area contributed by atoms with Crippen LogP contribution in [0, 0.1) is 30.9 Å². The van der Waals surface area contributed by atoms with Crippen molar-refractivity contribution >= 4 is 15.7 Å². The molecule has 0 spiro atoms. The Kier molecular flexibility index (Phi) is 4.85.